The summed E-state index contributed by atoms with van der Waals surface area (Å²) >= 11 is 3.37. The first kappa shape index (κ1) is 20.8. The average Bonchev–Trinajstić information content (AvgIpc) is 3.05. The Bertz CT molecular complexity index is 993. The number of aliphatic imine (C=N–C) groups is 1. The summed E-state index contributed by atoms with van der Waals surface area (Å²) in [6.07, 6.45) is 1.60. The van der Waals surface area contributed by atoms with Crippen LogP contribution in [-0.4, -0.2) is 24.4 Å². The van der Waals surface area contributed by atoms with Crippen molar-refractivity contribution in [1.29, 1.82) is 0 Å². The van der Waals surface area contributed by atoms with Crippen LogP contribution in [0.25, 0.3) is 6.08 Å². The van der Waals surface area contributed by atoms with E-state index >= 15 is 0 Å². The molecule has 0 N–H and O–H groups in total. The van der Waals surface area contributed by atoms with E-state index in [-0.39, 0.29) is 23.5 Å². The van der Waals surface area contributed by atoms with Gasteiger partial charge in [0.1, 0.15) is 0 Å². The van der Waals surface area contributed by atoms with Crippen LogP contribution >= 0.6 is 15.9 Å². The van der Waals surface area contributed by atoms with Gasteiger partial charge in [-0.15, -0.1) is 0 Å². The molecule has 0 saturated heterocycles. The van der Waals surface area contributed by atoms with Crippen molar-refractivity contribution in [3.63, 3.8) is 0 Å². The number of carbonyl (C=O) groups is 2. The van der Waals surface area contributed by atoms with Crippen molar-refractivity contribution in [3.8, 4) is 11.5 Å². The Morgan fingerprint density at radius 1 is 1.17 bits per heavy atom. The van der Waals surface area contributed by atoms with Crippen LogP contribution in [0.3, 0.4) is 0 Å². The van der Waals surface area contributed by atoms with E-state index in [2.05, 4.69) is 20.9 Å². The first-order valence-corrected chi connectivity index (χ1v) is 9.93. The van der Waals surface area contributed by atoms with E-state index in [0.29, 0.717) is 29.2 Å². The third-order valence-electron chi connectivity index (χ3n) is 3.96. The Morgan fingerprint density at radius 2 is 1.90 bits per heavy atom. The van der Waals surface area contributed by atoms with Gasteiger partial charge in [-0.3, -0.25) is 4.79 Å². The molecule has 1 heterocycles. The number of nitrogens with zero attached hydrogens (tertiary/aromatic N) is 1. The van der Waals surface area contributed by atoms with Crippen molar-refractivity contribution in [1.82, 2.24) is 0 Å². The minimum Gasteiger partial charge on any atom is -0.490 e. The zero-order chi connectivity index (χ0) is 21.0. The lowest BCUT2D eigenvalue weighted by molar-refractivity contribution is -0.138. The quantitative estimate of drug-likeness (QED) is 0.355. The Labute approximate surface area is 177 Å². The van der Waals surface area contributed by atoms with Gasteiger partial charge in [0.15, 0.2) is 17.2 Å². The van der Waals surface area contributed by atoms with Crippen molar-refractivity contribution in [2.75, 3.05) is 6.61 Å². The number of benzene rings is 2. The van der Waals surface area contributed by atoms with E-state index in [0.717, 1.165) is 4.47 Å². The number of rotatable bonds is 6. The predicted molar refractivity (Wildman–Crippen MR) is 113 cm³/mol. The van der Waals surface area contributed by atoms with Crippen LogP contribution in [0.15, 0.2) is 57.6 Å². The highest BCUT2D eigenvalue weighted by atomic mass is 79.9. The van der Waals surface area contributed by atoms with Gasteiger partial charge < -0.3 is 14.2 Å². The summed E-state index contributed by atoms with van der Waals surface area (Å²) in [5.41, 5.74) is 1.55. The van der Waals surface area contributed by atoms with E-state index in [1.54, 1.807) is 38.1 Å². The van der Waals surface area contributed by atoms with Crippen molar-refractivity contribution in [3.05, 3.63) is 63.8 Å². The maximum atomic E-state index is 12.2. The summed E-state index contributed by atoms with van der Waals surface area (Å²) in [6, 6.07) is 12.4. The number of ether oxygens (including phenoxy) is 3. The molecule has 3 rings (SSSR count). The zero-order valence-electron chi connectivity index (χ0n) is 16.3. The topological polar surface area (TPSA) is 74.2 Å². The molecule has 0 bridgehead atoms. The third kappa shape index (κ3) is 5.12. The molecule has 0 spiro atoms. The summed E-state index contributed by atoms with van der Waals surface area (Å²) in [5.74, 6) is -0.136. The molecule has 150 valence electrons. The second-order valence-electron chi connectivity index (χ2n) is 6.56. The van der Waals surface area contributed by atoms with Crippen molar-refractivity contribution in [2.24, 2.45) is 10.9 Å². The van der Waals surface area contributed by atoms with Gasteiger partial charge in [0.05, 0.1) is 12.5 Å². The maximum absolute atomic E-state index is 12.2. The molecule has 7 heteroatoms. The summed E-state index contributed by atoms with van der Waals surface area (Å²) in [5, 5.41) is 0. The highest BCUT2D eigenvalue weighted by Crippen LogP contribution is 2.31. The Morgan fingerprint density at radius 3 is 2.55 bits per heavy atom. The van der Waals surface area contributed by atoms with E-state index in [9.17, 15) is 9.59 Å². The van der Waals surface area contributed by atoms with E-state index < -0.39 is 5.97 Å². The minimum absolute atomic E-state index is 0.178. The molecule has 1 aliphatic rings. The molecule has 0 radical (unpaired) electrons. The van der Waals surface area contributed by atoms with Crippen molar-refractivity contribution >= 4 is 39.8 Å². The molecule has 0 amide bonds. The first-order chi connectivity index (χ1) is 13.9. The molecule has 0 saturated carbocycles. The predicted octanol–water partition coefficient (Wildman–Crippen LogP) is 4.75. The SMILES string of the molecule is CCOc1cc(/C=C2\N=C(c3ccc(Br)cc3)OC2=O)ccc1OC(=O)C(C)C. The highest BCUT2D eigenvalue weighted by Gasteiger charge is 2.24. The van der Waals surface area contributed by atoms with Crippen LogP contribution in [0.5, 0.6) is 11.5 Å². The molecule has 2 aromatic carbocycles. The van der Waals surface area contributed by atoms with E-state index in [1.807, 2.05) is 31.2 Å². The van der Waals surface area contributed by atoms with Gasteiger partial charge in [0, 0.05) is 10.0 Å². The molecule has 2 aromatic rings. The molecule has 0 fully saturated rings. The number of hydrogen-bond donors (Lipinski definition) is 0. The lowest BCUT2D eigenvalue weighted by atomic mass is 10.1. The standard InChI is InChI=1S/C22H20BrNO5/c1-4-27-19-12-14(5-10-18(19)28-21(25)13(2)3)11-17-22(26)29-20(24-17)15-6-8-16(23)9-7-15/h5-13H,4H2,1-3H3/b17-11-. The van der Waals surface area contributed by atoms with Crippen LogP contribution in [0.2, 0.25) is 0 Å². The molecule has 0 aromatic heterocycles. The average molecular weight is 458 g/mol. The number of halogens is 1. The highest BCUT2D eigenvalue weighted by molar-refractivity contribution is 9.10. The fraction of sp³-hybridized carbons (Fsp3) is 0.227. The molecule has 0 aliphatic carbocycles. The van der Waals surface area contributed by atoms with Crippen molar-refractivity contribution in [2.45, 2.75) is 20.8 Å². The summed E-state index contributed by atoms with van der Waals surface area (Å²) in [4.78, 5) is 28.4. The lowest BCUT2D eigenvalue weighted by Gasteiger charge is -2.12. The fourth-order valence-corrected chi connectivity index (χ4v) is 2.74. The monoisotopic (exact) mass is 457 g/mol. The molecule has 29 heavy (non-hydrogen) atoms. The van der Waals surface area contributed by atoms with Gasteiger partial charge in [-0.25, -0.2) is 9.79 Å². The number of carbonyl (C=O) groups excluding carboxylic acids is 2. The molecular weight excluding hydrogens is 438 g/mol. The number of hydrogen-bond acceptors (Lipinski definition) is 6. The second-order valence-corrected chi connectivity index (χ2v) is 7.47. The summed E-state index contributed by atoms with van der Waals surface area (Å²) in [7, 11) is 0. The molecule has 1 aliphatic heterocycles. The molecule has 0 atom stereocenters. The van der Waals surface area contributed by atoms with Crippen LogP contribution in [0, 0.1) is 5.92 Å². The van der Waals surface area contributed by atoms with Gasteiger partial charge in [0.25, 0.3) is 0 Å². The Hall–Kier alpha value is -2.93. The molecule has 0 unspecified atom stereocenters. The largest absolute Gasteiger partial charge is 0.490 e. The maximum Gasteiger partial charge on any atom is 0.363 e. The Balaban J connectivity index is 1.88. The smallest absolute Gasteiger partial charge is 0.363 e. The number of esters is 2. The van der Waals surface area contributed by atoms with Crippen LogP contribution in [-0.2, 0) is 14.3 Å². The summed E-state index contributed by atoms with van der Waals surface area (Å²) in [6.45, 7) is 5.75. The Kier molecular flexibility index (Phi) is 6.49. The minimum atomic E-state index is -0.531. The second kappa shape index (κ2) is 9.05. The summed E-state index contributed by atoms with van der Waals surface area (Å²) < 4.78 is 17.2. The van der Waals surface area contributed by atoms with Gasteiger partial charge in [-0.1, -0.05) is 35.8 Å². The normalized spacial score (nSPS) is 14.7. The molecule has 6 nitrogen and oxygen atoms in total. The lowest BCUT2D eigenvalue weighted by Crippen LogP contribution is -2.15. The fourth-order valence-electron chi connectivity index (χ4n) is 2.48. The first-order valence-electron chi connectivity index (χ1n) is 9.14. The van der Waals surface area contributed by atoms with Gasteiger partial charge in [-0.05, 0) is 55.0 Å². The zero-order valence-corrected chi connectivity index (χ0v) is 17.9. The van der Waals surface area contributed by atoms with Crippen LogP contribution in [0.4, 0.5) is 0 Å². The van der Waals surface area contributed by atoms with Crippen LogP contribution in [0.1, 0.15) is 31.9 Å². The van der Waals surface area contributed by atoms with Gasteiger partial charge in [0.2, 0.25) is 5.90 Å². The van der Waals surface area contributed by atoms with Crippen LogP contribution < -0.4 is 9.47 Å². The van der Waals surface area contributed by atoms with Gasteiger partial charge in [-0.2, -0.15) is 0 Å². The van der Waals surface area contributed by atoms with Gasteiger partial charge >= 0.3 is 11.9 Å². The number of cyclic esters (lactones) is 1. The van der Waals surface area contributed by atoms with E-state index in [1.165, 1.54) is 0 Å². The third-order valence-corrected chi connectivity index (χ3v) is 4.49. The van der Waals surface area contributed by atoms with E-state index in [4.69, 9.17) is 14.2 Å². The van der Waals surface area contributed by atoms with Crippen molar-refractivity contribution < 1.29 is 23.8 Å². The molecular formula is C22H20BrNO5.